The minimum Gasteiger partial charge on any atom is -0.399 e. The van der Waals surface area contributed by atoms with Gasteiger partial charge in [-0.3, -0.25) is 4.79 Å². The third-order valence-electron chi connectivity index (χ3n) is 3.24. The summed E-state index contributed by atoms with van der Waals surface area (Å²) in [6.07, 6.45) is 0.121. The van der Waals surface area contributed by atoms with Crippen LogP contribution in [0.25, 0.3) is 0 Å². The summed E-state index contributed by atoms with van der Waals surface area (Å²) in [5, 5.41) is 3.12. The van der Waals surface area contributed by atoms with Gasteiger partial charge in [-0.2, -0.15) is 0 Å². The number of hydrogen-bond acceptors (Lipinski definition) is 4. The van der Waals surface area contributed by atoms with Crippen LogP contribution in [0.2, 0.25) is 5.02 Å². The Bertz CT molecular complexity index is 492. The van der Waals surface area contributed by atoms with Crippen molar-refractivity contribution in [3.63, 3.8) is 0 Å². The standard InChI is InChI=1S/C15H23ClN2O3/c1-10(21-8-7-15(2,3)20-4)14(19)18-13-6-5-11(17)9-12(13)16/h5-6,9-10H,7-8,17H2,1-4H3,(H,18,19). The number of amides is 1. The highest BCUT2D eigenvalue weighted by Gasteiger charge is 2.19. The van der Waals surface area contributed by atoms with E-state index in [1.54, 1.807) is 32.2 Å². The Labute approximate surface area is 130 Å². The molecule has 0 saturated carbocycles. The van der Waals surface area contributed by atoms with E-state index in [2.05, 4.69) is 5.32 Å². The predicted octanol–water partition coefficient (Wildman–Crippen LogP) is 3.08. The van der Waals surface area contributed by atoms with Gasteiger partial charge in [-0.05, 0) is 45.4 Å². The number of rotatable bonds is 7. The normalized spacial score (nSPS) is 13.0. The number of carbonyl (C=O) groups excluding carboxylic acids is 1. The SMILES string of the molecule is COC(C)(C)CCOC(C)C(=O)Nc1ccc(N)cc1Cl. The molecule has 0 fully saturated rings. The smallest absolute Gasteiger partial charge is 0.253 e. The quantitative estimate of drug-likeness (QED) is 0.759. The minimum atomic E-state index is -0.578. The van der Waals surface area contributed by atoms with E-state index < -0.39 is 6.10 Å². The highest BCUT2D eigenvalue weighted by atomic mass is 35.5. The Morgan fingerprint density at radius 3 is 2.71 bits per heavy atom. The molecule has 0 aliphatic rings. The summed E-state index contributed by atoms with van der Waals surface area (Å²) in [5.74, 6) is -0.253. The first-order valence-electron chi connectivity index (χ1n) is 6.78. The van der Waals surface area contributed by atoms with Crippen LogP contribution in [-0.4, -0.2) is 31.3 Å². The van der Waals surface area contributed by atoms with Gasteiger partial charge in [-0.25, -0.2) is 0 Å². The van der Waals surface area contributed by atoms with Gasteiger partial charge in [-0.1, -0.05) is 11.6 Å². The second-order valence-electron chi connectivity index (χ2n) is 5.46. The number of benzene rings is 1. The number of nitrogen functional groups attached to an aromatic ring is 1. The molecule has 1 rings (SSSR count). The second kappa shape index (κ2) is 7.64. The van der Waals surface area contributed by atoms with E-state index in [-0.39, 0.29) is 11.5 Å². The van der Waals surface area contributed by atoms with Crippen LogP contribution in [0.15, 0.2) is 18.2 Å². The molecule has 3 N–H and O–H groups in total. The molecule has 0 aliphatic heterocycles. The molecule has 0 heterocycles. The fourth-order valence-corrected chi connectivity index (χ4v) is 1.76. The van der Waals surface area contributed by atoms with Gasteiger partial charge in [0.15, 0.2) is 0 Å². The zero-order valence-electron chi connectivity index (χ0n) is 12.9. The van der Waals surface area contributed by atoms with Crippen LogP contribution in [0.1, 0.15) is 27.2 Å². The van der Waals surface area contributed by atoms with E-state index in [4.69, 9.17) is 26.8 Å². The summed E-state index contributed by atoms with van der Waals surface area (Å²) in [6, 6.07) is 4.92. The first-order valence-corrected chi connectivity index (χ1v) is 7.15. The zero-order valence-corrected chi connectivity index (χ0v) is 13.7. The van der Waals surface area contributed by atoms with Gasteiger partial charge in [0.05, 0.1) is 22.9 Å². The Morgan fingerprint density at radius 1 is 1.48 bits per heavy atom. The summed E-state index contributed by atoms with van der Waals surface area (Å²) >= 11 is 6.01. The fourth-order valence-electron chi connectivity index (χ4n) is 1.53. The van der Waals surface area contributed by atoms with E-state index in [9.17, 15) is 4.79 Å². The molecule has 0 aliphatic carbocycles. The Balaban J connectivity index is 2.48. The number of ether oxygens (including phenoxy) is 2. The molecular formula is C15H23ClN2O3. The molecule has 0 radical (unpaired) electrons. The maximum absolute atomic E-state index is 12.0. The molecule has 0 saturated heterocycles. The van der Waals surface area contributed by atoms with Gasteiger partial charge < -0.3 is 20.5 Å². The van der Waals surface area contributed by atoms with Crippen LogP contribution in [-0.2, 0) is 14.3 Å². The van der Waals surface area contributed by atoms with Gasteiger partial charge in [0.25, 0.3) is 5.91 Å². The lowest BCUT2D eigenvalue weighted by Crippen LogP contribution is -2.31. The van der Waals surface area contributed by atoms with Crippen molar-refractivity contribution in [1.29, 1.82) is 0 Å². The molecule has 0 bridgehead atoms. The molecule has 0 aromatic heterocycles. The maximum atomic E-state index is 12.0. The number of anilines is 2. The number of nitrogens with two attached hydrogens (primary N) is 1. The van der Waals surface area contributed by atoms with Crippen LogP contribution in [0.5, 0.6) is 0 Å². The van der Waals surface area contributed by atoms with Crippen molar-refractivity contribution in [3.8, 4) is 0 Å². The van der Waals surface area contributed by atoms with Crippen molar-refractivity contribution in [1.82, 2.24) is 0 Å². The summed E-state index contributed by atoms with van der Waals surface area (Å²) in [4.78, 5) is 12.0. The Hall–Kier alpha value is -1.30. The lowest BCUT2D eigenvalue weighted by molar-refractivity contribution is -0.127. The monoisotopic (exact) mass is 314 g/mol. The Kier molecular flexibility index (Phi) is 6.45. The predicted molar refractivity (Wildman–Crippen MR) is 85.6 cm³/mol. The van der Waals surface area contributed by atoms with Crippen molar-refractivity contribution >= 4 is 28.9 Å². The first-order chi connectivity index (χ1) is 9.75. The van der Waals surface area contributed by atoms with E-state index in [0.29, 0.717) is 29.4 Å². The molecular weight excluding hydrogens is 292 g/mol. The zero-order chi connectivity index (χ0) is 16.0. The lowest BCUT2D eigenvalue weighted by atomic mass is 10.1. The average molecular weight is 315 g/mol. The van der Waals surface area contributed by atoms with Gasteiger partial charge in [-0.15, -0.1) is 0 Å². The molecule has 1 unspecified atom stereocenters. The van der Waals surface area contributed by atoms with E-state index in [1.807, 2.05) is 13.8 Å². The molecule has 5 nitrogen and oxygen atoms in total. The molecule has 1 amide bonds. The highest BCUT2D eigenvalue weighted by Crippen LogP contribution is 2.24. The van der Waals surface area contributed by atoms with Gasteiger partial charge in [0.2, 0.25) is 0 Å². The van der Waals surface area contributed by atoms with Crippen molar-refractivity contribution in [3.05, 3.63) is 23.2 Å². The molecule has 21 heavy (non-hydrogen) atoms. The summed E-state index contributed by atoms with van der Waals surface area (Å²) in [6.45, 7) is 6.07. The topological polar surface area (TPSA) is 73.6 Å². The van der Waals surface area contributed by atoms with Crippen LogP contribution >= 0.6 is 11.6 Å². The largest absolute Gasteiger partial charge is 0.399 e. The van der Waals surface area contributed by atoms with Crippen molar-refractivity contribution < 1.29 is 14.3 Å². The van der Waals surface area contributed by atoms with E-state index in [0.717, 1.165) is 0 Å². The molecule has 1 aromatic rings. The number of nitrogens with one attached hydrogen (secondary N) is 1. The number of hydrogen-bond donors (Lipinski definition) is 2. The van der Waals surface area contributed by atoms with Crippen LogP contribution in [0, 0.1) is 0 Å². The number of carbonyl (C=O) groups is 1. The van der Waals surface area contributed by atoms with Crippen molar-refractivity contribution in [2.75, 3.05) is 24.8 Å². The van der Waals surface area contributed by atoms with Gasteiger partial charge in [0, 0.05) is 12.8 Å². The molecule has 1 aromatic carbocycles. The third-order valence-corrected chi connectivity index (χ3v) is 3.56. The first kappa shape index (κ1) is 17.8. The minimum absolute atomic E-state index is 0.253. The average Bonchev–Trinajstić information content (AvgIpc) is 2.41. The van der Waals surface area contributed by atoms with Crippen molar-refractivity contribution in [2.24, 2.45) is 0 Å². The lowest BCUT2D eigenvalue weighted by Gasteiger charge is -2.23. The summed E-state index contributed by atoms with van der Waals surface area (Å²) < 4.78 is 10.8. The highest BCUT2D eigenvalue weighted by molar-refractivity contribution is 6.34. The fraction of sp³-hybridized carbons (Fsp3) is 0.533. The van der Waals surface area contributed by atoms with Gasteiger partial charge >= 0.3 is 0 Å². The molecule has 6 heteroatoms. The maximum Gasteiger partial charge on any atom is 0.253 e. The van der Waals surface area contributed by atoms with Gasteiger partial charge in [0.1, 0.15) is 6.10 Å². The van der Waals surface area contributed by atoms with Crippen molar-refractivity contribution in [2.45, 2.75) is 38.9 Å². The van der Waals surface area contributed by atoms with E-state index in [1.165, 1.54) is 0 Å². The Morgan fingerprint density at radius 2 is 2.14 bits per heavy atom. The third kappa shape index (κ3) is 5.91. The molecule has 118 valence electrons. The van der Waals surface area contributed by atoms with Crippen LogP contribution in [0.3, 0.4) is 0 Å². The summed E-state index contributed by atoms with van der Waals surface area (Å²) in [5.41, 5.74) is 6.40. The second-order valence-corrected chi connectivity index (χ2v) is 5.86. The molecule has 1 atom stereocenters. The van der Waals surface area contributed by atoms with Crippen LogP contribution < -0.4 is 11.1 Å². The number of methoxy groups -OCH3 is 1. The summed E-state index contributed by atoms with van der Waals surface area (Å²) in [7, 11) is 1.65. The number of halogens is 1. The van der Waals surface area contributed by atoms with Crippen LogP contribution in [0.4, 0.5) is 11.4 Å². The van der Waals surface area contributed by atoms with E-state index >= 15 is 0 Å². The molecule has 0 spiro atoms.